The van der Waals surface area contributed by atoms with Crippen molar-refractivity contribution in [1.82, 2.24) is 9.88 Å². The second-order valence-corrected chi connectivity index (χ2v) is 5.47. The summed E-state index contributed by atoms with van der Waals surface area (Å²) in [6, 6.07) is 5.70. The molecule has 0 spiro atoms. The highest BCUT2D eigenvalue weighted by Crippen LogP contribution is 2.33. The minimum absolute atomic E-state index is 0.00583. The maximum absolute atomic E-state index is 12.5. The molecule has 1 aliphatic rings. The maximum Gasteiger partial charge on any atom is 0.272 e. The summed E-state index contributed by atoms with van der Waals surface area (Å²) in [7, 11) is 0. The Kier molecular flexibility index (Phi) is 3.21. The summed E-state index contributed by atoms with van der Waals surface area (Å²) in [6.45, 7) is 0.797. The highest BCUT2D eigenvalue weighted by Gasteiger charge is 2.31. The van der Waals surface area contributed by atoms with Gasteiger partial charge in [0.05, 0.1) is 17.9 Å². The van der Waals surface area contributed by atoms with Crippen LogP contribution in [-0.4, -0.2) is 22.3 Å². The lowest BCUT2D eigenvalue weighted by Gasteiger charge is -2.23. The fraction of sp³-hybridized carbons (Fsp3) is 0.286. The molecule has 98 valence electrons. The number of anilines is 1. The number of hydrogen-bond donors (Lipinski definition) is 1. The summed E-state index contributed by atoms with van der Waals surface area (Å²) in [5.74, 6) is -0.00583. The molecule has 1 fully saturated rings. The van der Waals surface area contributed by atoms with Gasteiger partial charge in [0.2, 0.25) is 0 Å². The number of nitrogen functional groups attached to an aromatic ring is 1. The Morgan fingerprint density at radius 2 is 2.32 bits per heavy atom. The first-order valence-corrected chi connectivity index (χ1v) is 7.24. The molecule has 2 aromatic heterocycles. The highest BCUT2D eigenvalue weighted by atomic mass is 32.1. The fourth-order valence-corrected chi connectivity index (χ4v) is 3.21. The number of likely N-dealkylation sites (tertiary alicyclic amines) is 1. The molecule has 5 heteroatoms. The lowest BCUT2D eigenvalue weighted by atomic mass is 10.1. The number of thiophene rings is 1. The van der Waals surface area contributed by atoms with Crippen molar-refractivity contribution in [2.75, 3.05) is 12.3 Å². The van der Waals surface area contributed by atoms with Crippen LogP contribution in [-0.2, 0) is 0 Å². The van der Waals surface area contributed by atoms with Gasteiger partial charge in [0.1, 0.15) is 5.69 Å². The summed E-state index contributed by atoms with van der Waals surface area (Å²) >= 11 is 1.67. The molecule has 4 nitrogen and oxygen atoms in total. The summed E-state index contributed by atoms with van der Waals surface area (Å²) in [6.07, 6.45) is 3.60. The van der Waals surface area contributed by atoms with Crippen molar-refractivity contribution >= 4 is 22.9 Å². The van der Waals surface area contributed by atoms with Crippen LogP contribution in [0.5, 0.6) is 0 Å². The Morgan fingerprint density at radius 3 is 3.00 bits per heavy atom. The van der Waals surface area contributed by atoms with Crippen molar-refractivity contribution in [3.05, 3.63) is 46.4 Å². The molecule has 0 radical (unpaired) electrons. The average Bonchev–Trinajstić information content (AvgIpc) is 3.09. The largest absolute Gasteiger partial charge is 0.397 e. The van der Waals surface area contributed by atoms with Crippen molar-refractivity contribution < 1.29 is 4.79 Å². The predicted octanol–water partition coefficient (Wildman–Crippen LogP) is 2.70. The van der Waals surface area contributed by atoms with Gasteiger partial charge in [-0.25, -0.2) is 4.98 Å². The SMILES string of the molecule is Nc1ccc(C(=O)N2CCCC2c2ccsc2)nc1. The third kappa shape index (κ3) is 2.33. The summed E-state index contributed by atoms with van der Waals surface area (Å²) < 4.78 is 0. The Bertz CT molecular complexity index is 565. The molecule has 1 aliphatic heterocycles. The monoisotopic (exact) mass is 273 g/mol. The van der Waals surface area contributed by atoms with E-state index in [1.807, 2.05) is 4.90 Å². The molecule has 3 rings (SSSR count). The molecule has 0 aromatic carbocycles. The Morgan fingerprint density at radius 1 is 1.42 bits per heavy atom. The first kappa shape index (κ1) is 12.2. The number of aromatic nitrogens is 1. The number of carbonyl (C=O) groups excluding carboxylic acids is 1. The van der Waals surface area contributed by atoms with Crippen LogP contribution < -0.4 is 5.73 Å². The molecule has 1 amide bonds. The molecule has 0 bridgehead atoms. The number of rotatable bonds is 2. The van der Waals surface area contributed by atoms with E-state index in [0.717, 1.165) is 19.4 Å². The van der Waals surface area contributed by atoms with Gasteiger partial charge in [-0.05, 0) is 47.4 Å². The van der Waals surface area contributed by atoms with Crippen LogP contribution in [0.1, 0.15) is 34.9 Å². The lowest BCUT2D eigenvalue weighted by Crippen LogP contribution is -2.31. The van der Waals surface area contributed by atoms with Gasteiger partial charge in [-0.2, -0.15) is 11.3 Å². The van der Waals surface area contributed by atoms with E-state index in [-0.39, 0.29) is 11.9 Å². The van der Waals surface area contributed by atoms with Crippen molar-refractivity contribution in [3.63, 3.8) is 0 Å². The van der Waals surface area contributed by atoms with Crippen LogP contribution in [0.2, 0.25) is 0 Å². The number of carbonyl (C=O) groups is 1. The zero-order valence-electron chi connectivity index (χ0n) is 10.5. The van der Waals surface area contributed by atoms with Gasteiger partial charge >= 0.3 is 0 Å². The average molecular weight is 273 g/mol. The molecule has 1 atom stereocenters. The standard InChI is InChI=1S/C14H15N3OS/c15-11-3-4-12(16-8-11)14(18)17-6-1-2-13(17)10-5-7-19-9-10/h3-5,7-9,13H,1-2,6,15H2. The smallest absolute Gasteiger partial charge is 0.272 e. The van der Waals surface area contributed by atoms with Crippen LogP contribution in [0, 0.1) is 0 Å². The second kappa shape index (κ2) is 5.01. The molecule has 1 unspecified atom stereocenters. The number of nitrogens with two attached hydrogens (primary N) is 1. The topological polar surface area (TPSA) is 59.2 Å². The Labute approximate surface area is 115 Å². The summed E-state index contributed by atoms with van der Waals surface area (Å²) in [5, 5.41) is 4.17. The minimum atomic E-state index is -0.00583. The molecule has 2 N–H and O–H groups in total. The molecule has 0 saturated carbocycles. The lowest BCUT2D eigenvalue weighted by molar-refractivity contribution is 0.0730. The highest BCUT2D eigenvalue weighted by molar-refractivity contribution is 7.07. The van der Waals surface area contributed by atoms with Crippen LogP contribution >= 0.6 is 11.3 Å². The Hall–Kier alpha value is -1.88. The molecule has 19 heavy (non-hydrogen) atoms. The fourth-order valence-electron chi connectivity index (χ4n) is 2.50. The first-order chi connectivity index (χ1) is 9.25. The second-order valence-electron chi connectivity index (χ2n) is 4.69. The van der Waals surface area contributed by atoms with Gasteiger partial charge in [-0.3, -0.25) is 4.79 Å². The van der Waals surface area contributed by atoms with Gasteiger partial charge < -0.3 is 10.6 Å². The van der Waals surface area contributed by atoms with Crippen LogP contribution in [0.25, 0.3) is 0 Å². The summed E-state index contributed by atoms with van der Waals surface area (Å²) in [5.41, 5.74) is 7.87. The minimum Gasteiger partial charge on any atom is -0.397 e. The number of amides is 1. The number of hydrogen-bond acceptors (Lipinski definition) is 4. The third-order valence-electron chi connectivity index (χ3n) is 3.45. The van der Waals surface area contributed by atoms with Crippen LogP contribution in [0.4, 0.5) is 5.69 Å². The quantitative estimate of drug-likeness (QED) is 0.915. The third-order valence-corrected chi connectivity index (χ3v) is 4.15. The zero-order chi connectivity index (χ0) is 13.2. The summed E-state index contributed by atoms with van der Waals surface area (Å²) in [4.78, 5) is 18.5. The molecule has 1 saturated heterocycles. The van der Waals surface area contributed by atoms with E-state index in [0.29, 0.717) is 11.4 Å². The Balaban J connectivity index is 1.84. The predicted molar refractivity (Wildman–Crippen MR) is 76.0 cm³/mol. The van der Waals surface area contributed by atoms with Gasteiger partial charge in [-0.1, -0.05) is 0 Å². The van der Waals surface area contributed by atoms with E-state index >= 15 is 0 Å². The normalized spacial score (nSPS) is 18.7. The van der Waals surface area contributed by atoms with E-state index < -0.39 is 0 Å². The van der Waals surface area contributed by atoms with E-state index in [9.17, 15) is 4.79 Å². The van der Waals surface area contributed by atoms with E-state index in [4.69, 9.17) is 5.73 Å². The van der Waals surface area contributed by atoms with Crippen molar-refractivity contribution in [2.45, 2.75) is 18.9 Å². The zero-order valence-corrected chi connectivity index (χ0v) is 11.3. The van der Waals surface area contributed by atoms with Gasteiger partial charge in [0.25, 0.3) is 5.91 Å². The van der Waals surface area contributed by atoms with Crippen LogP contribution in [0.15, 0.2) is 35.2 Å². The van der Waals surface area contributed by atoms with Crippen molar-refractivity contribution in [3.8, 4) is 0 Å². The van der Waals surface area contributed by atoms with Gasteiger partial charge in [0, 0.05) is 6.54 Å². The molecular weight excluding hydrogens is 258 g/mol. The van der Waals surface area contributed by atoms with Crippen molar-refractivity contribution in [1.29, 1.82) is 0 Å². The van der Waals surface area contributed by atoms with Crippen molar-refractivity contribution in [2.24, 2.45) is 0 Å². The van der Waals surface area contributed by atoms with Gasteiger partial charge in [-0.15, -0.1) is 0 Å². The maximum atomic E-state index is 12.5. The molecule has 3 heterocycles. The number of pyridine rings is 1. The van der Waals surface area contributed by atoms with Crippen LogP contribution in [0.3, 0.4) is 0 Å². The number of nitrogens with zero attached hydrogens (tertiary/aromatic N) is 2. The molecule has 2 aromatic rings. The molecule has 0 aliphatic carbocycles. The van der Waals surface area contributed by atoms with Gasteiger partial charge in [0.15, 0.2) is 0 Å². The van der Waals surface area contributed by atoms with E-state index in [1.54, 1.807) is 23.5 Å². The molecular formula is C14H15N3OS. The first-order valence-electron chi connectivity index (χ1n) is 6.30. The van der Waals surface area contributed by atoms with E-state index in [1.165, 1.54) is 11.8 Å². The van der Waals surface area contributed by atoms with E-state index in [2.05, 4.69) is 21.8 Å².